The molecule has 1 amide bonds. The van der Waals surface area contributed by atoms with Crippen molar-refractivity contribution in [3.63, 3.8) is 0 Å². The van der Waals surface area contributed by atoms with Crippen LogP contribution in [0.15, 0.2) is 12.4 Å². The molecule has 70 valence electrons. The molecule has 0 aromatic carbocycles. The first kappa shape index (κ1) is 9.17. The van der Waals surface area contributed by atoms with Gasteiger partial charge in [0.05, 0.1) is 19.0 Å². The summed E-state index contributed by atoms with van der Waals surface area (Å²) in [6, 6.07) is 0. The third-order valence-electron chi connectivity index (χ3n) is 1.10. The Morgan fingerprint density at radius 1 is 1.62 bits per heavy atom. The van der Waals surface area contributed by atoms with Crippen LogP contribution in [-0.2, 0) is 14.3 Å². The Morgan fingerprint density at radius 2 is 2.38 bits per heavy atom. The van der Waals surface area contributed by atoms with Gasteiger partial charge in [0.25, 0.3) is 0 Å². The molecule has 1 heterocycles. The Labute approximate surface area is 73.6 Å². The maximum Gasteiger partial charge on any atom is 0.398 e. The van der Waals surface area contributed by atoms with Crippen LogP contribution in [-0.4, -0.2) is 33.6 Å². The average molecular weight is 184 g/mol. The second-order valence-corrected chi connectivity index (χ2v) is 2.01. The summed E-state index contributed by atoms with van der Waals surface area (Å²) >= 11 is 0. The minimum absolute atomic E-state index is 0.156. The quantitative estimate of drug-likeness (QED) is 0.466. The van der Waals surface area contributed by atoms with Crippen molar-refractivity contribution in [2.75, 3.05) is 12.0 Å². The lowest BCUT2D eigenvalue weighted by molar-refractivity contribution is -0.152. The van der Waals surface area contributed by atoms with E-state index in [4.69, 9.17) is 0 Å². The maximum atomic E-state index is 10.9. The van der Waals surface area contributed by atoms with E-state index in [0.717, 1.165) is 4.79 Å². The molecular formula is C6H8N4O3. The van der Waals surface area contributed by atoms with Crippen molar-refractivity contribution < 1.29 is 14.3 Å². The predicted molar refractivity (Wildman–Crippen MR) is 41.0 cm³/mol. The summed E-state index contributed by atoms with van der Waals surface area (Å²) in [5, 5.41) is 6.85. The molecule has 0 saturated heterocycles. The van der Waals surface area contributed by atoms with Gasteiger partial charge in [0.1, 0.15) is 0 Å². The average Bonchev–Trinajstić information content (AvgIpc) is 2.57. The number of ether oxygens (including phenoxy) is 1. The van der Waals surface area contributed by atoms with Gasteiger partial charge in [-0.05, 0) is 12.1 Å². The van der Waals surface area contributed by atoms with Crippen LogP contribution in [0.5, 0.6) is 0 Å². The van der Waals surface area contributed by atoms with Gasteiger partial charge in [-0.15, -0.1) is 5.10 Å². The van der Waals surface area contributed by atoms with Crippen molar-refractivity contribution in [1.29, 1.82) is 0 Å². The zero-order chi connectivity index (χ0) is 9.68. The molecule has 0 bridgehead atoms. The topological polar surface area (TPSA) is 86.1 Å². The van der Waals surface area contributed by atoms with Crippen LogP contribution >= 0.6 is 0 Å². The Hall–Kier alpha value is -1.92. The first-order chi connectivity index (χ1) is 6.24. The van der Waals surface area contributed by atoms with Crippen LogP contribution in [0.3, 0.4) is 0 Å². The summed E-state index contributed by atoms with van der Waals surface area (Å²) < 4.78 is 4.44. The first-order valence-corrected chi connectivity index (χ1v) is 3.58. The fraction of sp³-hybridized carbons (Fsp3) is 0.333. The second kappa shape index (κ2) is 4.19. The number of aromatic nitrogens is 3. The number of amides is 1. The molecule has 0 spiro atoms. The molecule has 0 aliphatic carbocycles. The number of esters is 1. The van der Waals surface area contributed by atoms with Crippen LogP contribution in [0.2, 0.25) is 0 Å². The van der Waals surface area contributed by atoms with E-state index in [1.54, 1.807) is 6.92 Å². The lowest BCUT2D eigenvalue weighted by atomic mass is 10.6. The summed E-state index contributed by atoms with van der Waals surface area (Å²) in [4.78, 5) is 22.7. The molecule has 1 aromatic rings. The zero-order valence-corrected chi connectivity index (χ0v) is 6.93. The van der Waals surface area contributed by atoms with Crippen LogP contribution in [0.1, 0.15) is 6.92 Å². The summed E-state index contributed by atoms with van der Waals surface area (Å²) in [5.41, 5.74) is 2.14. The van der Waals surface area contributed by atoms with E-state index < -0.39 is 11.9 Å². The summed E-state index contributed by atoms with van der Waals surface area (Å²) in [6.07, 6.45) is 2.75. The van der Waals surface area contributed by atoms with Gasteiger partial charge in [-0.2, -0.15) is 4.79 Å². The van der Waals surface area contributed by atoms with Gasteiger partial charge >= 0.3 is 11.9 Å². The highest BCUT2D eigenvalue weighted by molar-refractivity contribution is 6.35. The molecule has 0 unspecified atom stereocenters. The molecule has 0 radical (unpaired) electrons. The van der Waals surface area contributed by atoms with Crippen molar-refractivity contribution in [2.45, 2.75) is 6.92 Å². The van der Waals surface area contributed by atoms with Crippen LogP contribution in [0.25, 0.3) is 0 Å². The lowest BCUT2D eigenvalue weighted by Crippen LogP contribution is -2.31. The molecule has 1 rings (SSSR count). The van der Waals surface area contributed by atoms with Gasteiger partial charge in [-0.3, -0.25) is 4.79 Å². The molecule has 13 heavy (non-hydrogen) atoms. The third-order valence-corrected chi connectivity index (χ3v) is 1.10. The van der Waals surface area contributed by atoms with E-state index in [1.165, 1.54) is 12.4 Å². The molecule has 7 nitrogen and oxygen atoms in total. The monoisotopic (exact) mass is 184 g/mol. The SMILES string of the molecule is CCOC(=O)C(=O)Nn1ccnn1. The Kier molecular flexibility index (Phi) is 2.96. The van der Waals surface area contributed by atoms with Crippen molar-refractivity contribution >= 4 is 11.9 Å². The Morgan fingerprint density at radius 3 is 2.92 bits per heavy atom. The van der Waals surface area contributed by atoms with Crippen LogP contribution in [0.4, 0.5) is 0 Å². The molecular weight excluding hydrogens is 176 g/mol. The molecule has 1 N–H and O–H groups in total. The number of carbonyl (C=O) groups is 2. The fourth-order valence-corrected chi connectivity index (χ4v) is 0.614. The van der Waals surface area contributed by atoms with Gasteiger partial charge in [0.2, 0.25) is 0 Å². The smallest absolute Gasteiger partial charge is 0.398 e. The first-order valence-electron chi connectivity index (χ1n) is 3.58. The Bertz CT molecular complexity index is 295. The van der Waals surface area contributed by atoms with Gasteiger partial charge in [-0.25, -0.2) is 10.2 Å². The highest BCUT2D eigenvalue weighted by Crippen LogP contribution is 1.80. The maximum absolute atomic E-state index is 10.9. The number of hydrogen-bond acceptors (Lipinski definition) is 5. The second-order valence-electron chi connectivity index (χ2n) is 2.01. The van der Waals surface area contributed by atoms with E-state index in [2.05, 4.69) is 20.5 Å². The molecule has 0 atom stereocenters. The summed E-state index contributed by atoms with van der Waals surface area (Å²) in [5.74, 6) is -1.83. The number of carbonyl (C=O) groups excluding carboxylic acids is 2. The normalized spacial score (nSPS) is 9.31. The number of hydrogen-bond donors (Lipinski definition) is 1. The van der Waals surface area contributed by atoms with E-state index >= 15 is 0 Å². The highest BCUT2D eigenvalue weighted by atomic mass is 16.5. The lowest BCUT2D eigenvalue weighted by Gasteiger charge is -2.01. The highest BCUT2D eigenvalue weighted by Gasteiger charge is 2.14. The van der Waals surface area contributed by atoms with Crippen molar-refractivity contribution in [3.8, 4) is 0 Å². The predicted octanol–water partition coefficient (Wildman–Crippen LogP) is -1.09. The summed E-state index contributed by atoms with van der Waals surface area (Å²) in [6.45, 7) is 1.77. The van der Waals surface area contributed by atoms with E-state index in [1.807, 2.05) is 0 Å². The van der Waals surface area contributed by atoms with Crippen molar-refractivity contribution in [3.05, 3.63) is 12.4 Å². The molecule has 0 fully saturated rings. The summed E-state index contributed by atoms with van der Waals surface area (Å²) in [7, 11) is 0. The largest absolute Gasteiger partial charge is 0.459 e. The van der Waals surface area contributed by atoms with Gasteiger partial charge in [-0.1, -0.05) is 0 Å². The van der Waals surface area contributed by atoms with Gasteiger partial charge < -0.3 is 4.74 Å². The molecule has 0 aliphatic rings. The molecule has 0 saturated carbocycles. The fourth-order valence-electron chi connectivity index (χ4n) is 0.614. The van der Waals surface area contributed by atoms with Crippen molar-refractivity contribution in [2.24, 2.45) is 0 Å². The Balaban J connectivity index is 2.46. The van der Waals surface area contributed by atoms with E-state index in [0.29, 0.717) is 0 Å². The standard InChI is InChI=1S/C6H8N4O3/c1-2-13-6(12)5(11)8-10-4-3-7-9-10/h3-4H,2H2,1H3,(H,8,11). The number of rotatable bonds is 2. The zero-order valence-electron chi connectivity index (χ0n) is 6.93. The molecule has 0 aliphatic heterocycles. The third kappa shape index (κ3) is 2.55. The van der Waals surface area contributed by atoms with Crippen LogP contribution in [0, 0.1) is 0 Å². The minimum atomic E-state index is -0.946. The van der Waals surface area contributed by atoms with E-state index in [9.17, 15) is 9.59 Å². The van der Waals surface area contributed by atoms with E-state index in [-0.39, 0.29) is 6.61 Å². The van der Waals surface area contributed by atoms with Crippen molar-refractivity contribution in [1.82, 2.24) is 15.1 Å². The van der Waals surface area contributed by atoms with Crippen LogP contribution < -0.4 is 5.43 Å². The van der Waals surface area contributed by atoms with Gasteiger partial charge in [0.15, 0.2) is 0 Å². The van der Waals surface area contributed by atoms with Gasteiger partial charge in [0, 0.05) is 0 Å². The molecule has 7 heteroatoms. The number of nitrogens with one attached hydrogen (secondary N) is 1. The molecule has 1 aromatic heterocycles. The number of nitrogens with zero attached hydrogens (tertiary/aromatic N) is 3. The minimum Gasteiger partial charge on any atom is -0.459 e.